The Balaban J connectivity index is 2.08. The smallest absolute Gasteiger partial charge is 0.160 e. The van der Waals surface area contributed by atoms with Gasteiger partial charge >= 0.3 is 0 Å². The summed E-state index contributed by atoms with van der Waals surface area (Å²) in [6.07, 6.45) is 5.14. The molecule has 90 valence electrons. The molecule has 1 N–H and O–H groups in total. The Hall–Kier alpha value is -1.35. The van der Waals surface area contributed by atoms with E-state index >= 15 is 0 Å². The van der Waals surface area contributed by atoms with Gasteiger partial charge in [-0.05, 0) is 37.5 Å². The molecule has 1 aromatic rings. The zero-order valence-corrected chi connectivity index (χ0v) is 10.1. The summed E-state index contributed by atoms with van der Waals surface area (Å²) in [4.78, 5) is 11.5. The van der Waals surface area contributed by atoms with E-state index in [0.717, 1.165) is 24.8 Å². The van der Waals surface area contributed by atoms with E-state index in [2.05, 4.69) is 5.32 Å². The van der Waals surface area contributed by atoms with Crippen LogP contribution in [0.2, 0.25) is 5.02 Å². The summed E-state index contributed by atoms with van der Waals surface area (Å²) in [5.74, 6) is -0.254. The van der Waals surface area contributed by atoms with Crippen molar-refractivity contribution in [3.05, 3.63) is 40.8 Å². The van der Waals surface area contributed by atoms with Gasteiger partial charge in [-0.2, -0.15) is 0 Å². The topological polar surface area (TPSA) is 29.1 Å². The highest BCUT2D eigenvalue weighted by Gasteiger charge is 2.14. The van der Waals surface area contributed by atoms with Crippen LogP contribution >= 0.6 is 11.6 Å². The normalized spacial score (nSPS) is 18.5. The molecule has 1 saturated carbocycles. The number of carbonyl (C=O) groups excluding carboxylic acids is 1. The van der Waals surface area contributed by atoms with Crippen molar-refractivity contribution in [2.45, 2.75) is 25.7 Å². The fourth-order valence-electron chi connectivity index (χ4n) is 1.81. The van der Waals surface area contributed by atoms with E-state index in [1.54, 1.807) is 12.3 Å². The van der Waals surface area contributed by atoms with Gasteiger partial charge in [-0.1, -0.05) is 11.6 Å². The molecule has 0 unspecified atom stereocenters. The molecule has 17 heavy (non-hydrogen) atoms. The predicted octanol–water partition coefficient (Wildman–Crippen LogP) is 3.92. The van der Waals surface area contributed by atoms with Gasteiger partial charge in [-0.3, -0.25) is 4.79 Å². The van der Waals surface area contributed by atoms with Crippen LogP contribution in [0.5, 0.6) is 0 Å². The van der Waals surface area contributed by atoms with Crippen LogP contribution in [-0.2, 0) is 4.79 Å². The predicted molar refractivity (Wildman–Crippen MR) is 66.6 cm³/mol. The van der Waals surface area contributed by atoms with E-state index in [9.17, 15) is 9.18 Å². The van der Waals surface area contributed by atoms with Crippen molar-refractivity contribution >= 4 is 23.1 Å². The summed E-state index contributed by atoms with van der Waals surface area (Å²) in [5.41, 5.74) is 1.49. The van der Waals surface area contributed by atoms with E-state index in [0.29, 0.717) is 12.1 Å². The van der Waals surface area contributed by atoms with Gasteiger partial charge in [0, 0.05) is 23.9 Å². The first-order valence-corrected chi connectivity index (χ1v) is 5.98. The number of halogens is 2. The van der Waals surface area contributed by atoms with Gasteiger partial charge in [0.15, 0.2) is 5.78 Å². The first kappa shape index (κ1) is 12.1. The molecule has 1 fully saturated rings. The fourth-order valence-corrected chi connectivity index (χ4v) is 1.99. The lowest BCUT2D eigenvalue weighted by molar-refractivity contribution is -0.116. The highest BCUT2D eigenvalue weighted by Crippen LogP contribution is 2.22. The standard InChI is InChI=1S/C13H13ClFNO/c14-11-7-10(5-6-12(11)15)16-8-9-3-1-2-4-13(9)17/h5-8,16H,1-4H2. The summed E-state index contributed by atoms with van der Waals surface area (Å²) in [6.45, 7) is 0. The highest BCUT2D eigenvalue weighted by atomic mass is 35.5. The third-order valence-electron chi connectivity index (χ3n) is 2.79. The number of Topliss-reactive ketones (excluding diaryl/α,β-unsaturated/α-hetero) is 1. The van der Waals surface area contributed by atoms with Crippen LogP contribution in [0.25, 0.3) is 0 Å². The van der Waals surface area contributed by atoms with Crippen molar-refractivity contribution in [2.24, 2.45) is 0 Å². The molecule has 0 radical (unpaired) electrons. The minimum absolute atomic E-state index is 0.0726. The Morgan fingerprint density at radius 3 is 2.76 bits per heavy atom. The Kier molecular flexibility index (Phi) is 3.79. The van der Waals surface area contributed by atoms with Crippen LogP contribution in [0, 0.1) is 5.82 Å². The second kappa shape index (κ2) is 5.32. The molecule has 0 saturated heterocycles. The molecule has 1 aromatic carbocycles. The van der Waals surface area contributed by atoms with Gasteiger partial charge in [0.2, 0.25) is 0 Å². The molecule has 0 aromatic heterocycles. The van der Waals surface area contributed by atoms with Gasteiger partial charge in [0.05, 0.1) is 5.02 Å². The molecule has 0 heterocycles. The van der Waals surface area contributed by atoms with Crippen molar-refractivity contribution in [3.63, 3.8) is 0 Å². The number of benzene rings is 1. The van der Waals surface area contributed by atoms with Crippen LogP contribution in [0.4, 0.5) is 10.1 Å². The number of anilines is 1. The maximum Gasteiger partial charge on any atom is 0.160 e. The average molecular weight is 254 g/mol. The molecule has 4 heteroatoms. The van der Waals surface area contributed by atoms with Crippen molar-refractivity contribution in [3.8, 4) is 0 Å². The Morgan fingerprint density at radius 1 is 1.29 bits per heavy atom. The largest absolute Gasteiger partial charge is 0.361 e. The second-order valence-corrected chi connectivity index (χ2v) is 4.48. The van der Waals surface area contributed by atoms with E-state index < -0.39 is 5.82 Å². The van der Waals surface area contributed by atoms with E-state index in [1.165, 1.54) is 12.1 Å². The number of rotatable bonds is 2. The Bertz CT molecular complexity index is 470. The Morgan fingerprint density at radius 2 is 2.06 bits per heavy atom. The number of ketones is 1. The molecule has 1 aliphatic rings. The highest BCUT2D eigenvalue weighted by molar-refractivity contribution is 6.31. The molecule has 1 aliphatic carbocycles. The van der Waals surface area contributed by atoms with Crippen LogP contribution in [-0.4, -0.2) is 5.78 Å². The molecule has 0 atom stereocenters. The zero-order valence-electron chi connectivity index (χ0n) is 9.30. The quantitative estimate of drug-likeness (QED) is 0.810. The summed E-state index contributed by atoms with van der Waals surface area (Å²) >= 11 is 5.66. The maximum atomic E-state index is 12.9. The summed E-state index contributed by atoms with van der Waals surface area (Å²) < 4.78 is 12.9. The molecular weight excluding hydrogens is 241 g/mol. The molecule has 2 rings (SSSR count). The van der Waals surface area contributed by atoms with Crippen molar-refractivity contribution in [2.75, 3.05) is 5.32 Å². The van der Waals surface area contributed by atoms with E-state index in [1.807, 2.05) is 0 Å². The summed E-state index contributed by atoms with van der Waals surface area (Å²) in [7, 11) is 0. The van der Waals surface area contributed by atoms with Gasteiger partial charge in [0.25, 0.3) is 0 Å². The summed E-state index contributed by atoms with van der Waals surface area (Å²) in [5, 5.41) is 3.05. The molecule has 0 aliphatic heterocycles. The maximum absolute atomic E-state index is 12.9. The molecule has 2 nitrogen and oxygen atoms in total. The number of nitrogens with one attached hydrogen (secondary N) is 1. The first-order valence-electron chi connectivity index (χ1n) is 5.60. The number of hydrogen-bond donors (Lipinski definition) is 1. The van der Waals surface area contributed by atoms with Crippen LogP contribution < -0.4 is 5.32 Å². The molecule has 0 spiro atoms. The van der Waals surface area contributed by atoms with Crippen molar-refractivity contribution in [1.82, 2.24) is 0 Å². The summed E-state index contributed by atoms with van der Waals surface area (Å²) in [6, 6.07) is 4.39. The molecule has 0 bridgehead atoms. The van der Waals surface area contributed by atoms with E-state index in [-0.39, 0.29) is 10.8 Å². The van der Waals surface area contributed by atoms with Gasteiger partial charge in [-0.25, -0.2) is 4.39 Å². The lowest BCUT2D eigenvalue weighted by Gasteiger charge is -2.12. The van der Waals surface area contributed by atoms with Crippen LogP contribution in [0.3, 0.4) is 0 Å². The van der Waals surface area contributed by atoms with Gasteiger partial charge < -0.3 is 5.32 Å². The zero-order chi connectivity index (χ0) is 12.3. The molecular formula is C13H13ClFNO. The lowest BCUT2D eigenvalue weighted by Crippen LogP contribution is -2.09. The average Bonchev–Trinajstić information content (AvgIpc) is 2.32. The number of carbonyl (C=O) groups is 1. The third kappa shape index (κ3) is 3.07. The number of hydrogen-bond acceptors (Lipinski definition) is 2. The SMILES string of the molecule is O=C1CCCCC1=CNc1ccc(F)c(Cl)c1. The third-order valence-corrected chi connectivity index (χ3v) is 3.08. The van der Waals surface area contributed by atoms with Crippen molar-refractivity contribution < 1.29 is 9.18 Å². The fraction of sp³-hybridized carbons (Fsp3) is 0.308. The van der Waals surface area contributed by atoms with Crippen LogP contribution in [0.1, 0.15) is 25.7 Å². The van der Waals surface area contributed by atoms with Gasteiger partial charge in [0.1, 0.15) is 5.82 Å². The van der Waals surface area contributed by atoms with Crippen LogP contribution in [0.15, 0.2) is 30.0 Å². The van der Waals surface area contributed by atoms with E-state index in [4.69, 9.17) is 11.6 Å². The van der Waals surface area contributed by atoms with Crippen molar-refractivity contribution in [1.29, 1.82) is 0 Å². The van der Waals surface area contributed by atoms with Gasteiger partial charge in [-0.15, -0.1) is 0 Å². The monoisotopic (exact) mass is 253 g/mol. The minimum atomic E-state index is -0.446. The number of allylic oxidation sites excluding steroid dienone is 1. The lowest BCUT2D eigenvalue weighted by atomic mass is 9.94. The minimum Gasteiger partial charge on any atom is -0.361 e. The second-order valence-electron chi connectivity index (χ2n) is 4.07. The molecule has 0 amide bonds. The first-order chi connectivity index (χ1) is 8.16. The Labute approximate surface area is 104 Å².